The molecule has 13 heavy (non-hydrogen) atoms. The molecule has 0 bridgehead atoms. The maximum atomic E-state index is 10.6. The summed E-state index contributed by atoms with van der Waals surface area (Å²) < 4.78 is 4.46. The number of methoxy groups -OCH3 is 1. The Kier molecular flexibility index (Phi) is 8.31. The van der Waals surface area contributed by atoms with Gasteiger partial charge in [-0.3, -0.25) is 0 Å². The van der Waals surface area contributed by atoms with E-state index >= 15 is 0 Å². The second-order valence-corrected chi connectivity index (χ2v) is 2.74. The monoisotopic (exact) mass is 182 g/mol. The molecule has 2 heteroatoms. The van der Waals surface area contributed by atoms with Crippen LogP contribution in [-0.4, -0.2) is 13.1 Å². The second kappa shape index (κ2) is 9.04. The molecule has 0 radical (unpaired) electrons. The fourth-order valence-electron chi connectivity index (χ4n) is 0.886. The van der Waals surface area contributed by atoms with Crippen molar-refractivity contribution < 1.29 is 9.53 Å². The van der Waals surface area contributed by atoms with Gasteiger partial charge in [-0.1, -0.05) is 25.2 Å². The Balaban J connectivity index is 3.30. The van der Waals surface area contributed by atoms with E-state index < -0.39 is 0 Å². The van der Waals surface area contributed by atoms with Crippen molar-refractivity contribution in [1.29, 1.82) is 0 Å². The lowest BCUT2D eigenvalue weighted by Gasteiger charge is -1.91. The van der Waals surface area contributed by atoms with Crippen LogP contribution in [0.4, 0.5) is 0 Å². The van der Waals surface area contributed by atoms with Gasteiger partial charge in [-0.15, -0.1) is 0 Å². The van der Waals surface area contributed by atoms with E-state index in [1.165, 1.54) is 13.2 Å². The van der Waals surface area contributed by atoms with Crippen LogP contribution >= 0.6 is 0 Å². The first-order chi connectivity index (χ1) is 6.31. The average Bonchev–Trinajstić information content (AvgIpc) is 2.16. The summed E-state index contributed by atoms with van der Waals surface area (Å²) in [5, 5.41) is 0. The molecule has 0 atom stereocenters. The first-order valence-corrected chi connectivity index (χ1v) is 4.70. The molecule has 0 aromatic heterocycles. The smallest absolute Gasteiger partial charge is 0.330 e. The van der Waals surface area contributed by atoms with Crippen LogP contribution in [0, 0.1) is 0 Å². The van der Waals surface area contributed by atoms with Gasteiger partial charge in [-0.25, -0.2) is 4.79 Å². The van der Waals surface area contributed by atoms with E-state index in [1.54, 1.807) is 0 Å². The quantitative estimate of drug-likeness (QED) is 0.273. The third kappa shape index (κ3) is 8.86. The van der Waals surface area contributed by atoms with Gasteiger partial charge in [0.05, 0.1) is 7.11 Å². The Morgan fingerprint density at radius 2 is 1.92 bits per heavy atom. The molecule has 0 rings (SSSR count). The Morgan fingerprint density at radius 3 is 2.54 bits per heavy atom. The summed E-state index contributed by atoms with van der Waals surface area (Å²) in [4.78, 5) is 10.6. The Labute approximate surface area is 80.3 Å². The SMILES string of the molecule is CCC=CCCCC=CC(=O)OC. The highest BCUT2D eigenvalue weighted by Gasteiger charge is 1.88. The van der Waals surface area contributed by atoms with Crippen LogP contribution in [-0.2, 0) is 9.53 Å². The predicted octanol–water partition coefficient (Wildman–Crippen LogP) is 2.85. The fraction of sp³-hybridized carbons (Fsp3) is 0.545. The van der Waals surface area contributed by atoms with Crippen molar-refractivity contribution in [1.82, 2.24) is 0 Å². The average molecular weight is 182 g/mol. The zero-order valence-corrected chi connectivity index (χ0v) is 8.45. The molecule has 0 heterocycles. The molecule has 0 aliphatic rings. The number of unbranched alkanes of at least 4 members (excludes halogenated alkanes) is 2. The van der Waals surface area contributed by atoms with Gasteiger partial charge in [0.15, 0.2) is 0 Å². The molecular weight excluding hydrogens is 164 g/mol. The number of allylic oxidation sites excluding steroid dienone is 3. The minimum atomic E-state index is -0.274. The van der Waals surface area contributed by atoms with E-state index in [2.05, 4.69) is 23.8 Å². The van der Waals surface area contributed by atoms with E-state index in [-0.39, 0.29) is 5.97 Å². The molecule has 0 aliphatic heterocycles. The molecule has 2 nitrogen and oxygen atoms in total. The van der Waals surface area contributed by atoms with E-state index in [4.69, 9.17) is 0 Å². The lowest BCUT2D eigenvalue weighted by atomic mass is 10.2. The summed E-state index contributed by atoms with van der Waals surface area (Å²) in [6.07, 6.45) is 11.9. The summed E-state index contributed by atoms with van der Waals surface area (Å²) in [6.45, 7) is 2.12. The summed E-state index contributed by atoms with van der Waals surface area (Å²) in [7, 11) is 1.39. The van der Waals surface area contributed by atoms with Gasteiger partial charge in [0, 0.05) is 6.08 Å². The van der Waals surface area contributed by atoms with Gasteiger partial charge >= 0.3 is 5.97 Å². The van der Waals surface area contributed by atoms with E-state index in [1.807, 2.05) is 6.08 Å². The summed E-state index contributed by atoms with van der Waals surface area (Å²) in [5.41, 5.74) is 0. The molecule has 0 aliphatic carbocycles. The Morgan fingerprint density at radius 1 is 1.23 bits per heavy atom. The standard InChI is InChI=1S/C11H18O2/c1-3-4-5-6-7-8-9-10-11(12)13-2/h4-5,9-10H,3,6-8H2,1-2H3. The summed E-state index contributed by atoms with van der Waals surface area (Å²) in [5.74, 6) is -0.274. The van der Waals surface area contributed by atoms with Gasteiger partial charge < -0.3 is 4.74 Å². The first-order valence-electron chi connectivity index (χ1n) is 4.70. The number of esters is 1. The van der Waals surface area contributed by atoms with Crippen LogP contribution in [0.2, 0.25) is 0 Å². The minimum absolute atomic E-state index is 0.274. The molecule has 0 saturated carbocycles. The van der Waals surface area contributed by atoms with Crippen molar-refractivity contribution in [3.63, 3.8) is 0 Å². The third-order valence-electron chi connectivity index (χ3n) is 1.60. The number of hydrogen-bond donors (Lipinski definition) is 0. The number of hydrogen-bond acceptors (Lipinski definition) is 2. The van der Waals surface area contributed by atoms with Crippen LogP contribution in [0.25, 0.3) is 0 Å². The van der Waals surface area contributed by atoms with Crippen LogP contribution in [0.15, 0.2) is 24.3 Å². The number of rotatable bonds is 6. The van der Waals surface area contributed by atoms with Gasteiger partial charge in [0.2, 0.25) is 0 Å². The van der Waals surface area contributed by atoms with Gasteiger partial charge in [0.25, 0.3) is 0 Å². The number of carbonyl (C=O) groups is 1. The minimum Gasteiger partial charge on any atom is -0.466 e. The largest absolute Gasteiger partial charge is 0.466 e. The summed E-state index contributed by atoms with van der Waals surface area (Å²) >= 11 is 0. The van der Waals surface area contributed by atoms with Crippen molar-refractivity contribution >= 4 is 5.97 Å². The molecule has 74 valence electrons. The normalized spacial score (nSPS) is 11.2. The number of ether oxygens (including phenoxy) is 1. The molecule has 0 unspecified atom stereocenters. The highest BCUT2D eigenvalue weighted by atomic mass is 16.5. The van der Waals surface area contributed by atoms with Crippen LogP contribution in [0.1, 0.15) is 32.6 Å². The van der Waals surface area contributed by atoms with Crippen molar-refractivity contribution in [2.75, 3.05) is 7.11 Å². The molecule has 0 N–H and O–H groups in total. The van der Waals surface area contributed by atoms with Crippen molar-refractivity contribution in [3.8, 4) is 0 Å². The molecule has 0 amide bonds. The lowest BCUT2D eigenvalue weighted by Crippen LogP contribution is -1.93. The maximum absolute atomic E-state index is 10.6. The molecule has 0 saturated heterocycles. The Bertz CT molecular complexity index is 181. The zero-order chi connectivity index (χ0) is 9.94. The van der Waals surface area contributed by atoms with Gasteiger partial charge in [0.1, 0.15) is 0 Å². The van der Waals surface area contributed by atoms with Crippen LogP contribution in [0.5, 0.6) is 0 Å². The first kappa shape index (κ1) is 11.9. The van der Waals surface area contributed by atoms with E-state index in [0.717, 1.165) is 25.7 Å². The topological polar surface area (TPSA) is 26.3 Å². The van der Waals surface area contributed by atoms with E-state index in [9.17, 15) is 4.79 Å². The molecule has 0 spiro atoms. The maximum Gasteiger partial charge on any atom is 0.330 e. The molecule has 0 aromatic rings. The zero-order valence-electron chi connectivity index (χ0n) is 8.45. The third-order valence-corrected chi connectivity index (χ3v) is 1.60. The fourth-order valence-corrected chi connectivity index (χ4v) is 0.886. The van der Waals surface area contributed by atoms with Crippen molar-refractivity contribution in [2.24, 2.45) is 0 Å². The van der Waals surface area contributed by atoms with Crippen molar-refractivity contribution in [2.45, 2.75) is 32.6 Å². The highest BCUT2D eigenvalue weighted by molar-refractivity contribution is 5.81. The number of carbonyl (C=O) groups excluding carboxylic acids is 1. The predicted molar refractivity (Wildman–Crippen MR) is 54.4 cm³/mol. The molecular formula is C11H18O2. The Hall–Kier alpha value is -1.05. The molecule has 0 aromatic carbocycles. The highest BCUT2D eigenvalue weighted by Crippen LogP contribution is 1.98. The van der Waals surface area contributed by atoms with Gasteiger partial charge in [-0.05, 0) is 25.7 Å². The lowest BCUT2D eigenvalue weighted by molar-refractivity contribution is -0.134. The second-order valence-electron chi connectivity index (χ2n) is 2.74. The molecule has 0 fully saturated rings. The van der Waals surface area contributed by atoms with Crippen molar-refractivity contribution in [3.05, 3.63) is 24.3 Å². The van der Waals surface area contributed by atoms with Crippen LogP contribution < -0.4 is 0 Å². The van der Waals surface area contributed by atoms with Crippen LogP contribution in [0.3, 0.4) is 0 Å². The summed E-state index contributed by atoms with van der Waals surface area (Å²) in [6, 6.07) is 0. The van der Waals surface area contributed by atoms with Gasteiger partial charge in [-0.2, -0.15) is 0 Å². The van der Waals surface area contributed by atoms with E-state index in [0.29, 0.717) is 0 Å².